The van der Waals surface area contributed by atoms with E-state index in [1.165, 1.54) is 25.7 Å². The van der Waals surface area contributed by atoms with Gasteiger partial charge in [0, 0.05) is 6.04 Å². The predicted octanol–water partition coefficient (Wildman–Crippen LogP) is 2.34. The minimum absolute atomic E-state index is 0.374. The zero-order valence-electron chi connectivity index (χ0n) is 9.47. The quantitative estimate of drug-likeness (QED) is 0.688. The zero-order chi connectivity index (χ0) is 10.4. The second-order valence-electron chi connectivity index (χ2n) is 5.54. The Labute approximate surface area is 86.5 Å². The molecule has 0 aromatic heterocycles. The number of hydrogen-bond donors (Lipinski definition) is 1. The van der Waals surface area contributed by atoms with Crippen molar-refractivity contribution in [2.45, 2.75) is 52.5 Å². The molecule has 2 aliphatic carbocycles. The highest BCUT2D eigenvalue weighted by Gasteiger charge is 2.62. The van der Waals surface area contributed by atoms with Crippen molar-refractivity contribution in [3.8, 4) is 0 Å². The fourth-order valence-electron chi connectivity index (χ4n) is 4.26. The Hall–Kier alpha value is -0.530. The van der Waals surface area contributed by atoms with Gasteiger partial charge in [0.1, 0.15) is 0 Å². The smallest absolute Gasteiger partial charge is 0.207 e. The van der Waals surface area contributed by atoms with E-state index in [0.717, 1.165) is 12.3 Å². The van der Waals surface area contributed by atoms with Gasteiger partial charge in [0.2, 0.25) is 6.41 Å². The summed E-state index contributed by atoms with van der Waals surface area (Å²) in [6, 6.07) is 0.429. The van der Waals surface area contributed by atoms with E-state index in [-0.39, 0.29) is 0 Å². The van der Waals surface area contributed by atoms with E-state index in [4.69, 9.17) is 0 Å². The topological polar surface area (TPSA) is 29.1 Å². The van der Waals surface area contributed by atoms with E-state index < -0.39 is 0 Å². The van der Waals surface area contributed by atoms with Crippen LogP contribution in [0.5, 0.6) is 0 Å². The lowest BCUT2D eigenvalue weighted by Gasteiger charge is -2.41. The number of rotatable bonds is 3. The molecule has 2 heteroatoms. The van der Waals surface area contributed by atoms with Crippen LogP contribution in [0.4, 0.5) is 0 Å². The van der Waals surface area contributed by atoms with Crippen molar-refractivity contribution in [2.24, 2.45) is 16.7 Å². The molecular formula is C12H21NO. The highest BCUT2D eigenvalue weighted by molar-refractivity contribution is 5.47. The fraction of sp³-hybridized carbons (Fsp3) is 0.917. The lowest BCUT2D eigenvalue weighted by atomic mass is 9.66. The molecular weight excluding hydrogens is 174 g/mol. The lowest BCUT2D eigenvalue weighted by molar-refractivity contribution is -0.111. The van der Waals surface area contributed by atoms with Crippen LogP contribution in [0.15, 0.2) is 0 Å². The summed E-state index contributed by atoms with van der Waals surface area (Å²) >= 11 is 0. The van der Waals surface area contributed by atoms with E-state index in [2.05, 4.69) is 26.1 Å². The molecule has 0 aliphatic heterocycles. The van der Waals surface area contributed by atoms with Crippen LogP contribution in [0.3, 0.4) is 0 Å². The van der Waals surface area contributed by atoms with Gasteiger partial charge in [0.25, 0.3) is 0 Å². The van der Waals surface area contributed by atoms with Crippen LogP contribution < -0.4 is 5.32 Å². The number of carbonyl (C=O) groups is 1. The third kappa shape index (κ3) is 0.945. The largest absolute Gasteiger partial charge is 0.355 e. The van der Waals surface area contributed by atoms with Gasteiger partial charge < -0.3 is 5.32 Å². The van der Waals surface area contributed by atoms with Gasteiger partial charge in [0.15, 0.2) is 0 Å². The van der Waals surface area contributed by atoms with E-state index in [0.29, 0.717) is 16.9 Å². The van der Waals surface area contributed by atoms with Gasteiger partial charge in [-0.15, -0.1) is 0 Å². The molecule has 2 aliphatic rings. The lowest BCUT2D eigenvalue weighted by Crippen LogP contribution is -2.45. The highest BCUT2D eigenvalue weighted by atomic mass is 16.1. The van der Waals surface area contributed by atoms with Crippen LogP contribution in [0.2, 0.25) is 0 Å². The normalized spacial score (nSPS) is 43.9. The molecule has 2 bridgehead atoms. The van der Waals surface area contributed by atoms with Crippen molar-refractivity contribution >= 4 is 6.41 Å². The van der Waals surface area contributed by atoms with Crippen molar-refractivity contribution in [2.75, 3.05) is 0 Å². The Morgan fingerprint density at radius 1 is 1.50 bits per heavy atom. The van der Waals surface area contributed by atoms with Crippen LogP contribution in [0, 0.1) is 16.7 Å². The van der Waals surface area contributed by atoms with Gasteiger partial charge in [-0.3, -0.25) is 4.79 Å². The molecule has 0 saturated heterocycles. The van der Waals surface area contributed by atoms with Crippen LogP contribution in [0.1, 0.15) is 46.5 Å². The van der Waals surface area contributed by atoms with Crippen molar-refractivity contribution in [1.82, 2.24) is 5.32 Å². The maximum atomic E-state index is 10.6. The Kier molecular flexibility index (Phi) is 2.13. The summed E-state index contributed by atoms with van der Waals surface area (Å²) < 4.78 is 0. The number of nitrogens with one attached hydrogen (secondary N) is 1. The molecule has 1 unspecified atom stereocenters. The number of hydrogen-bond acceptors (Lipinski definition) is 1. The summed E-state index contributed by atoms with van der Waals surface area (Å²) in [4.78, 5) is 10.6. The Balaban J connectivity index is 2.31. The molecule has 3 atom stereocenters. The van der Waals surface area contributed by atoms with Crippen molar-refractivity contribution in [1.29, 1.82) is 0 Å². The number of carbonyl (C=O) groups excluding carboxylic acids is 1. The summed E-state index contributed by atoms with van der Waals surface area (Å²) in [5.41, 5.74) is 0.793. The monoisotopic (exact) mass is 195 g/mol. The Morgan fingerprint density at radius 2 is 2.21 bits per heavy atom. The molecule has 2 saturated carbocycles. The minimum atomic E-state index is 0.374. The summed E-state index contributed by atoms with van der Waals surface area (Å²) in [5, 5.41) is 3.04. The molecule has 1 N–H and O–H groups in total. The first-order chi connectivity index (χ1) is 6.58. The molecule has 0 radical (unpaired) electrons. The number of amides is 1. The average Bonchev–Trinajstić information content (AvgIpc) is 2.52. The van der Waals surface area contributed by atoms with Gasteiger partial charge in [-0.1, -0.05) is 20.8 Å². The maximum Gasteiger partial charge on any atom is 0.207 e. The third-order valence-electron chi connectivity index (χ3n) is 5.33. The van der Waals surface area contributed by atoms with Gasteiger partial charge in [-0.25, -0.2) is 0 Å². The summed E-state index contributed by atoms with van der Waals surface area (Å²) in [6.07, 6.45) is 5.94. The van der Waals surface area contributed by atoms with Crippen molar-refractivity contribution in [3.05, 3.63) is 0 Å². The highest BCUT2D eigenvalue weighted by Crippen LogP contribution is 2.66. The molecule has 0 heterocycles. The molecule has 0 spiro atoms. The Bertz CT molecular complexity index is 249. The van der Waals surface area contributed by atoms with Gasteiger partial charge in [-0.2, -0.15) is 0 Å². The molecule has 0 aromatic carbocycles. The Morgan fingerprint density at radius 3 is 2.71 bits per heavy atom. The molecule has 2 nitrogen and oxygen atoms in total. The second-order valence-corrected chi connectivity index (χ2v) is 5.54. The third-order valence-corrected chi connectivity index (χ3v) is 5.33. The molecule has 14 heavy (non-hydrogen) atoms. The molecule has 2 rings (SSSR count). The number of fused-ring (bicyclic) bond motifs is 2. The summed E-state index contributed by atoms with van der Waals surface area (Å²) in [7, 11) is 0. The molecule has 2 fully saturated rings. The van der Waals surface area contributed by atoms with E-state index in [1.807, 2.05) is 0 Å². The fourth-order valence-corrected chi connectivity index (χ4v) is 4.26. The van der Waals surface area contributed by atoms with Gasteiger partial charge in [-0.05, 0) is 42.4 Å². The molecule has 0 aromatic rings. The van der Waals surface area contributed by atoms with Crippen molar-refractivity contribution < 1.29 is 4.79 Å². The summed E-state index contributed by atoms with van der Waals surface area (Å²) in [5.74, 6) is 0.819. The van der Waals surface area contributed by atoms with Crippen molar-refractivity contribution in [3.63, 3.8) is 0 Å². The summed E-state index contributed by atoms with van der Waals surface area (Å²) in [6.45, 7) is 7.05. The molecule has 80 valence electrons. The van der Waals surface area contributed by atoms with Gasteiger partial charge in [0.05, 0.1) is 0 Å². The molecule has 1 amide bonds. The van der Waals surface area contributed by atoms with Gasteiger partial charge >= 0.3 is 0 Å². The predicted molar refractivity (Wildman–Crippen MR) is 56.8 cm³/mol. The first-order valence-electron chi connectivity index (χ1n) is 5.78. The van der Waals surface area contributed by atoms with E-state index in [9.17, 15) is 4.79 Å². The van der Waals surface area contributed by atoms with E-state index >= 15 is 0 Å². The zero-order valence-corrected chi connectivity index (χ0v) is 9.47. The van der Waals surface area contributed by atoms with E-state index in [1.54, 1.807) is 0 Å². The first kappa shape index (κ1) is 10.0. The SMILES string of the molecule is CC[C@@]12CC[C@@H](CC1NC=O)C2(C)C. The minimum Gasteiger partial charge on any atom is -0.355 e. The van der Waals surface area contributed by atoms with Crippen LogP contribution >= 0.6 is 0 Å². The standard InChI is InChI=1S/C12H21NO/c1-4-12-6-5-9(11(12,2)3)7-10(12)13-8-14/h8-10H,4-7H2,1-3H3,(H,13,14)/t9-,10?,12+/m0/s1. The average molecular weight is 195 g/mol. The van der Waals surface area contributed by atoms with Crippen LogP contribution in [-0.4, -0.2) is 12.5 Å². The first-order valence-corrected chi connectivity index (χ1v) is 5.78. The second kappa shape index (κ2) is 2.98. The maximum absolute atomic E-state index is 10.6. The van der Waals surface area contributed by atoms with Crippen LogP contribution in [-0.2, 0) is 4.79 Å². The van der Waals surface area contributed by atoms with Crippen LogP contribution in [0.25, 0.3) is 0 Å².